The molecule has 3 nitrogen and oxygen atoms in total. The number of amides is 1. The second-order valence-corrected chi connectivity index (χ2v) is 4.63. The van der Waals surface area contributed by atoms with E-state index in [2.05, 4.69) is 0 Å². The molecule has 1 amide bonds. The lowest BCUT2D eigenvalue weighted by Gasteiger charge is -2.23. The molecule has 4 heteroatoms. The van der Waals surface area contributed by atoms with Gasteiger partial charge >= 0.3 is 0 Å². The molecule has 0 radical (unpaired) electrons. The van der Waals surface area contributed by atoms with Crippen molar-refractivity contribution in [3.05, 3.63) is 35.1 Å². The third kappa shape index (κ3) is 2.05. The number of rotatable bonds is 1. The van der Waals surface area contributed by atoms with Crippen molar-refractivity contribution in [2.24, 2.45) is 5.73 Å². The molecule has 1 fully saturated rings. The zero-order chi connectivity index (χ0) is 12.6. The van der Waals surface area contributed by atoms with Gasteiger partial charge in [-0.05, 0) is 31.9 Å². The summed E-state index contributed by atoms with van der Waals surface area (Å²) in [5, 5.41) is 0. The molecular weight excluding hydrogens is 219 g/mol. The summed E-state index contributed by atoms with van der Waals surface area (Å²) in [6, 6.07) is 4.85. The molecule has 0 aromatic heterocycles. The minimum absolute atomic E-state index is 0.00757. The number of aryl methyl sites for hydroxylation is 1. The molecule has 92 valence electrons. The summed E-state index contributed by atoms with van der Waals surface area (Å²) in [6.07, 6.45) is 0.778. The Morgan fingerprint density at radius 2 is 2.24 bits per heavy atom. The highest BCUT2D eigenvalue weighted by atomic mass is 19.1. The fourth-order valence-corrected chi connectivity index (χ4v) is 2.22. The number of carbonyl (C=O) groups is 1. The Kier molecular flexibility index (Phi) is 3.15. The topological polar surface area (TPSA) is 46.3 Å². The molecule has 2 atom stereocenters. The SMILES string of the molecule is Cc1cccc(C(=O)N2CCC(N)C2C)c1F. The molecule has 1 aliphatic rings. The summed E-state index contributed by atoms with van der Waals surface area (Å²) in [5.74, 6) is -0.683. The van der Waals surface area contributed by atoms with E-state index in [1.54, 1.807) is 24.0 Å². The summed E-state index contributed by atoms with van der Waals surface area (Å²) < 4.78 is 13.9. The first-order valence-corrected chi connectivity index (χ1v) is 5.84. The van der Waals surface area contributed by atoms with Gasteiger partial charge in [0.25, 0.3) is 5.91 Å². The third-order valence-electron chi connectivity index (χ3n) is 3.50. The minimum atomic E-state index is -0.426. The van der Waals surface area contributed by atoms with Crippen LogP contribution in [0.4, 0.5) is 4.39 Å². The van der Waals surface area contributed by atoms with Crippen molar-refractivity contribution in [2.75, 3.05) is 6.54 Å². The van der Waals surface area contributed by atoms with Crippen molar-refractivity contribution in [3.8, 4) is 0 Å². The van der Waals surface area contributed by atoms with Crippen LogP contribution in [0, 0.1) is 12.7 Å². The standard InChI is InChI=1S/C13H17FN2O/c1-8-4-3-5-10(12(8)14)13(17)16-7-6-11(15)9(16)2/h3-5,9,11H,6-7,15H2,1-2H3. The lowest BCUT2D eigenvalue weighted by molar-refractivity contribution is 0.0737. The van der Waals surface area contributed by atoms with Crippen LogP contribution in [0.5, 0.6) is 0 Å². The van der Waals surface area contributed by atoms with Crippen LogP contribution in [-0.2, 0) is 0 Å². The average Bonchev–Trinajstić information content (AvgIpc) is 2.63. The first-order chi connectivity index (χ1) is 8.02. The highest BCUT2D eigenvalue weighted by molar-refractivity contribution is 5.95. The number of nitrogens with two attached hydrogens (primary N) is 1. The third-order valence-corrected chi connectivity index (χ3v) is 3.50. The molecule has 2 N–H and O–H groups in total. The van der Waals surface area contributed by atoms with Crippen LogP contribution in [-0.4, -0.2) is 29.4 Å². The van der Waals surface area contributed by atoms with E-state index in [-0.39, 0.29) is 23.6 Å². The maximum Gasteiger partial charge on any atom is 0.257 e. The molecule has 1 saturated heterocycles. The second-order valence-electron chi connectivity index (χ2n) is 4.63. The van der Waals surface area contributed by atoms with Crippen LogP contribution in [0.1, 0.15) is 29.3 Å². The number of hydrogen-bond donors (Lipinski definition) is 1. The summed E-state index contributed by atoms with van der Waals surface area (Å²) in [6.45, 7) is 4.17. The molecule has 0 bridgehead atoms. The maximum absolute atomic E-state index is 13.9. The highest BCUT2D eigenvalue weighted by Crippen LogP contribution is 2.21. The number of hydrogen-bond acceptors (Lipinski definition) is 2. The quantitative estimate of drug-likeness (QED) is 0.806. The van der Waals surface area contributed by atoms with Gasteiger partial charge in [-0.25, -0.2) is 4.39 Å². The van der Waals surface area contributed by atoms with E-state index >= 15 is 0 Å². The molecule has 1 aromatic rings. The van der Waals surface area contributed by atoms with E-state index in [1.165, 1.54) is 6.07 Å². The molecule has 0 spiro atoms. The largest absolute Gasteiger partial charge is 0.334 e. The number of halogens is 1. The Morgan fingerprint density at radius 3 is 2.82 bits per heavy atom. The van der Waals surface area contributed by atoms with E-state index in [1.807, 2.05) is 6.92 Å². The summed E-state index contributed by atoms with van der Waals surface area (Å²) in [5.41, 5.74) is 6.50. The van der Waals surface area contributed by atoms with Crippen molar-refractivity contribution in [1.82, 2.24) is 4.90 Å². The van der Waals surface area contributed by atoms with Gasteiger partial charge in [-0.15, -0.1) is 0 Å². The summed E-state index contributed by atoms with van der Waals surface area (Å²) in [4.78, 5) is 13.9. The van der Waals surface area contributed by atoms with E-state index < -0.39 is 5.82 Å². The molecule has 1 aromatic carbocycles. The maximum atomic E-state index is 13.9. The van der Waals surface area contributed by atoms with Crippen LogP contribution in [0.25, 0.3) is 0 Å². The van der Waals surface area contributed by atoms with Crippen LogP contribution in [0.2, 0.25) is 0 Å². The first-order valence-electron chi connectivity index (χ1n) is 5.84. The highest BCUT2D eigenvalue weighted by Gasteiger charge is 2.32. The van der Waals surface area contributed by atoms with Crippen molar-refractivity contribution >= 4 is 5.91 Å². The average molecular weight is 236 g/mol. The molecule has 1 heterocycles. The lowest BCUT2D eigenvalue weighted by Crippen LogP contribution is -2.40. The molecule has 0 saturated carbocycles. The Hall–Kier alpha value is -1.42. The summed E-state index contributed by atoms with van der Waals surface area (Å²) >= 11 is 0. The number of benzene rings is 1. The second kappa shape index (κ2) is 4.45. The minimum Gasteiger partial charge on any atom is -0.334 e. The number of likely N-dealkylation sites (tertiary alicyclic amines) is 1. The van der Waals surface area contributed by atoms with E-state index in [4.69, 9.17) is 5.73 Å². The van der Waals surface area contributed by atoms with Crippen molar-refractivity contribution in [2.45, 2.75) is 32.4 Å². The van der Waals surface area contributed by atoms with Crippen molar-refractivity contribution in [3.63, 3.8) is 0 Å². The lowest BCUT2D eigenvalue weighted by atomic mass is 10.1. The van der Waals surface area contributed by atoms with Gasteiger partial charge in [0.2, 0.25) is 0 Å². The van der Waals surface area contributed by atoms with Gasteiger partial charge in [-0.2, -0.15) is 0 Å². The number of carbonyl (C=O) groups excluding carboxylic acids is 1. The van der Waals surface area contributed by atoms with Gasteiger partial charge in [0.1, 0.15) is 5.82 Å². The zero-order valence-corrected chi connectivity index (χ0v) is 10.1. The van der Waals surface area contributed by atoms with Crippen LogP contribution >= 0.6 is 0 Å². The van der Waals surface area contributed by atoms with Crippen LogP contribution in [0.3, 0.4) is 0 Å². The van der Waals surface area contributed by atoms with Gasteiger partial charge in [0.15, 0.2) is 0 Å². The monoisotopic (exact) mass is 236 g/mol. The van der Waals surface area contributed by atoms with E-state index in [0.717, 1.165) is 6.42 Å². The van der Waals surface area contributed by atoms with Gasteiger partial charge in [-0.1, -0.05) is 12.1 Å². The molecule has 2 rings (SSSR count). The van der Waals surface area contributed by atoms with E-state index in [9.17, 15) is 9.18 Å². The zero-order valence-electron chi connectivity index (χ0n) is 10.1. The Bertz CT molecular complexity index is 447. The fourth-order valence-electron chi connectivity index (χ4n) is 2.22. The van der Waals surface area contributed by atoms with Crippen LogP contribution in [0.15, 0.2) is 18.2 Å². The van der Waals surface area contributed by atoms with Gasteiger partial charge in [0.05, 0.1) is 5.56 Å². The molecule has 1 aliphatic heterocycles. The Labute approximate surface area is 100 Å². The van der Waals surface area contributed by atoms with Gasteiger partial charge in [-0.3, -0.25) is 4.79 Å². The van der Waals surface area contributed by atoms with Crippen molar-refractivity contribution < 1.29 is 9.18 Å². The van der Waals surface area contributed by atoms with E-state index in [0.29, 0.717) is 12.1 Å². The Morgan fingerprint density at radius 1 is 1.53 bits per heavy atom. The van der Waals surface area contributed by atoms with Gasteiger partial charge in [0, 0.05) is 18.6 Å². The fraction of sp³-hybridized carbons (Fsp3) is 0.462. The Balaban J connectivity index is 2.29. The van der Waals surface area contributed by atoms with Gasteiger partial charge < -0.3 is 10.6 Å². The predicted octanol–water partition coefficient (Wildman–Crippen LogP) is 1.70. The molecule has 2 unspecified atom stereocenters. The number of nitrogens with zero attached hydrogens (tertiary/aromatic N) is 1. The summed E-state index contributed by atoms with van der Waals surface area (Å²) in [7, 11) is 0. The predicted molar refractivity (Wildman–Crippen MR) is 64.2 cm³/mol. The molecule has 17 heavy (non-hydrogen) atoms. The molecule has 0 aliphatic carbocycles. The first kappa shape index (κ1) is 12.0. The van der Waals surface area contributed by atoms with Crippen LogP contribution < -0.4 is 5.73 Å². The smallest absolute Gasteiger partial charge is 0.257 e. The molecular formula is C13H17FN2O. The normalized spacial score (nSPS) is 24.1. The van der Waals surface area contributed by atoms with Crippen molar-refractivity contribution in [1.29, 1.82) is 0 Å².